The summed E-state index contributed by atoms with van der Waals surface area (Å²) in [4.78, 5) is 10.9. The Bertz CT molecular complexity index is 128. The Morgan fingerprint density at radius 1 is 1.42 bits per heavy atom. The molecule has 0 aromatic heterocycles. The predicted molar refractivity (Wildman–Crippen MR) is 52.5 cm³/mol. The Labute approximate surface area is 79.7 Å². The fourth-order valence-corrected chi connectivity index (χ4v) is 1.30. The lowest BCUT2D eigenvalue weighted by molar-refractivity contribution is -0.120. The van der Waals surface area contributed by atoms with Gasteiger partial charge in [-0.15, -0.1) is 11.6 Å². The van der Waals surface area contributed by atoms with Crippen molar-refractivity contribution in [1.29, 1.82) is 0 Å². The SMILES string of the molecule is CCCCCCC(Cl)C(=O)NC. The number of unbranched alkanes of at least 4 members (excludes halogenated alkanes) is 3. The molecule has 0 aliphatic rings. The largest absolute Gasteiger partial charge is 0.358 e. The highest BCUT2D eigenvalue weighted by atomic mass is 35.5. The predicted octanol–water partition coefficient (Wildman–Crippen LogP) is 2.31. The van der Waals surface area contributed by atoms with Gasteiger partial charge in [0, 0.05) is 7.05 Å². The molecule has 0 saturated heterocycles. The summed E-state index contributed by atoms with van der Waals surface area (Å²) < 4.78 is 0. The van der Waals surface area contributed by atoms with Crippen molar-refractivity contribution in [2.75, 3.05) is 7.05 Å². The molecule has 0 heterocycles. The monoisotopic (exact) mass is 191 g/mol. The number of carbonyl (C=O) groups excluding carboxylic acids is 1. The maximum atomic E-state index is 10.9. The molecule has 0 fully saturated rings. The highest BCUT2D eigenvalue weighted by molar-refractivity contribution is 6.30. The van der Waals surface area contributed by atoms with Gasteiger partial charge in [0.25, 0.3) is 0 Å². The highest BCUT2D eigenvalue weighted by Crippen LogP contribution is 2.09. The van der Waals surface area contributed by atoms with Crippen molar-refractivity contribution in [3.8, 4) is 0 Å². The first-order valence-corrected chi connectivity index (χ1v) is 5.01. The van der Waals surface area contributed by atoms with Crippen LogP contribution in [0.2, 0.25) is 0 Å². The number of hydrogen-bond acceptors (Lipinski definition) is 1. The minimum atomic E-state index is -0.341. The lowest BCUT2D eigenvalue weighted by Crippen LogP contribution is -2.27. The van der Waals surface area contributed by atoms with Gasteiger partial charge in [0.1, 0.15) is 5.38 Å². The first kappa shape index (κ1) is 11.8. The minimum Gasteiger partial charge on any atom is -0.358 e. The third-order valence-corrected chi connectivity index (χ3v) is 2.26. The smallest absolute Gasteiger partial charge is 0.237 e. The van der Waals surface area contributed by atoms with Gasteiger partial charge in [-0.2, -0.15) is 0 Å². The number of nitrogens with one attached hydrogen (secondary N) is 1. The summed E-state index contributed by atoms with van der Waals surface area (Å²) >= 11 is 5.80. The molecule has 12 heavy (non-hydrogen) atoms. The van der Waals surface area contributed by atoms with E-state index < -0.39 is 0 Å². The summed E-state index contributed by atoms with van der Waals surface area (Å²) in [5.41, 5.74) is 0. The van der Waals surface area contributed by atoms with E-state index >= 15 is 0 Å². The molecule has 2 nitrogen and oxygen atoms in total. The van der Waals surface area contributed by atoms with E-state index in [1.165, 1.54) is 19.3 Å². The molecule has 1 amide bonds. The van der Waals surface area contributed by atoms with Crippen molar-refractivity contribution in [1.82, 2.24) is 5.32 Å². The molecule has 72 valence electrons. The van der Waals surface area contributed by atoms with Crippen LogP contribution in [-0.2, 0) is 4.79 Å². The Hall–Kier alpha value is -0.240. The Morgan fingerprint density at radius 2 is 2.08 bits per heavy atom. The molecule has 0 aromatic rings. The molecule has 3 heteroatoms. The zero-order valence-corrected chi connectivity index (χ0v) is 8.66. The summed E-state index contributed by atoms with van der Waals surface area (Å²) in [6.45, 7) is 2.16. The van der Waals surface area contributed by atoms with Crippen molar-refractivity contribution in [2.45, 2.75) is 44.4 Å². The molecular formula is C9H18ClNO. The Morgan fingerprint density at radius 3 is 2.58 bits per heavy atom. The molecule has 0 radical (unpaired) electrons. The average molecular weight is 192 g/mol. The molecular weight excluding hydrogens is 174 g/mol. The first-order chi connectivity index (χ1) is 5.72. The second-order valence-corrected chi connectivity index (χ2v) is 3.46. The van der Waals surface area contributed by atoms with E-state index in [1.807, 2.05) is 0 Å². The summed E-state index contributed by atoms with van der Waals surface area (Å²) in [7, 11) is 1.61. The van der Waals surface area contributed by atoms with Crippen molar-refractivity contribution in [3.63, 3.8) is 0 Å². The van der Waals surface area contributed by atoms with Gasteiger partial charge in [-0.05, 0) is 6.42 Å². The van der Waals surface area contributed by atoms with Crippen LogP contribution in [0.4, 0.5) is 0 Å². The van der Waals surface area contributed by atoms with Crippen LogP contribution < -0.4 is 5.32 Å². The number of carbonyl (C=O) groups is 1. The zero-order valence-electron chi connectivity index (χ0n) is 7.90. The van der Waals surface area contributed by atoms with Crippen LogP contribution in [-0.4, -0.2) is 18.3 Å². The second kappa shape index (κ2) is 7.41. The van der Waals surface area contributed by atoms with Gasteiger partial charge < -0.3 is 5.32 Å². The van der Waals surface area contributed by atoms with Gasteiger partial charge in [-0.25, -0.2) is 0 Å². The van der Waals surface area contributed by atoms with Gasteiger partial charge in [-0.3, -0.25) is 4.79 Å². The molecule has 0 saturated carbocycles. The van der Waals surface area contributed by atoms with E-state index in [9.17, 15) is 4.79 Å². The van der Waals surface area contributed by atoms with E-state index in [4.69, 9.17) is 11.6 Å². The number of amides is 1. The average Bonchev–Trinajstić information content (AvgIpc) is 2.10. The summed E-state index contributed by atoms with van der Waals surface area (Å²) in [5, 5.41) is 2.19. The normalized spacial score (nSPS) is 12.6. The topological polar surface area (TPSA) is 29.1 Å². The van der Waals surface area contributed by atoms with Gasteiger partial charge in [0.2, 0.25) is 5.91 Å². The van der Waals surface area contributed by atoms with E-state index in [0.29, 0.717) is 0 Å². The van der Waals surface area contributed by atoms with Gasteiger partial charge in [-0.1, -0.05) is 32.6 Å². The van der Waals surface area contributed by atoms with Crippen LogP contribution in [0.15, 0.2) is 0 Å². The van der Waals surface area contributed by atoms with Crippen LogP contribution in [0.3, 0.4) is 0 Å². The van der Waals surface area contributed by atoms with Crippen molar-refractivity contribution < 1.29 is 4.79 Å². The van der Waals surface area contributed by atoms with Gasteiger partial charge >= 0.3 is 0 Å². The summed E-state index contributed by atoms with van der Waals surface area (Å²) in [5.74, 6) is -0.0619. The standard InChI is InChI=1S/C9H18ClNO/c1-3-4-5-6-7-8(10)9(12)11-2/h8H,3-7H2,1-2H3,(H,11,12). The lowest BCUT2D eigenvalue weighted by Gasteiger charge is -2.06. The van der Waals surface area contributed by atoms with E-state index in [-0.39, 0.29) is 11.3 Å². The molecule has 0 aromatic carbocycles. The number of rotatable bonds is 6. The quantitative estimate of drug-likeness (QED) is 0.507. The van der Waals surface area contributed by atoms with E-state index in [2.05, 4.69) is 12.2 Å². The fraction of sp³-hybridized carbons (Fsp3) is 0.889. The highest BCUT2D eigenvalue weighted by Gasteiger charge is 2.11. The molecule has 1 N–H and O–H groups in total. The van der Waals surface area contributed by atoms with E-state index in [0.717, 1.165) is 12.8 Å². The Balaban J connectivity index is 3.31. The molecule has 0 aliphatic carbocycles. The molecule has 1 atom stereocenters. The van der Waals surface area contributed by atoms with E-state index in [1.54, 1.807) is 7.05 Å². The number of hydrogen-bond donors (Lipinski definition) is 1. The maximum absolute atomic E-state index is 10.9. The van der Waals surface area contributed by atoms with Gasteiger partial charge in [0.15, 0.2) is 0 Å². The first-order valence-electron chi connectivity index (χ1n) is 4.58. The number of alkyl halides is 1. The third kappa shape index (κ3) is 5.42. The third-order valence-electron chi connectivity index (χ3n) is 1.84. The lowest BCUT2D eigenvalue weighted by atomic mass is 10.1. The second-order valence-electron chi connectivity index (χ2n) is 2.93. The van der Waals surface area contributed by atoms with Crippen LogP contribution in [0.1, 0.15) is 39.0 Å². The van der Waals surface area contributed by atoms with Crippen LogP contribution in [0, 0.1) is 0 Å². The van der Waals surface area contributed by atoms with Crippen LogP contribution in [0.5, 0.6) is 0 Å². The van der Waals surface area contributed by atoms with Crippen LogP contribution in [0.25, 0.3) is 0 Å². The maximum Gasteiger partial charge on any atom is 0.237 e. The molecule has 1 unspecified atom stereocenters. The minimum absolute atomic E-state index is 0.0619. The van der Waals surface area contributed by atoms with Crippen molar-refractivity contribution >= 4 is 17.5 Å². The van der Waals surface area contributed by atoms with Crippen LogP contribution >= 0.6 is 11.6 Å². The molecule has 0 bridgehead atoms. The van der Waals surface area contributed by atoms with Crippen molar-refractivity contribution in [3.05, 3.63) is 0 Å². The molecule has 0 rings (SSSR count). The fourth-order valence-electron chi connectivity index (χ4n) is 1.04. The molecule has 0 spiro atoms. The van der Waals surface area contributed by atoms with Gasteiger partial charge in [0.05, 0.1) is 0 Å². The summed E-state index contributed by atoms with van der Waals surface area (Å²) in [6, 6.07) is 0. The summed E-state index contributed by atoms with van der Waals surface area (Å²) in [6.07, 6.45) is 5.47. The zero-order chi connectivity index (χ0) is 9.40. The molecule has 0 aliphatic heterocycles. The number of halogens is 1. The Kier molecular flexibility index (Phi) is 7.26. The van der Waals surface area contributed by atoms with Crippen molar-refractivity contribution in [2.24, 2.45) is 0 Å².